The Hall–Kier alpha value is -1.95. The predicted molar refractivity (Wildman–Crippen MR) is 74.5 cm³/mol. The summed E-state index contributed by atoms with van der Waals surface area (Å²) in [5.74, 6) is 0.560. The largest absolute Gasteiger partial charge is 0.409 e. The fourth-order valence-corrected chi connectivity index (χ4v) is 3.63. The van der Waals surface area contributed by atoms with Crippen LogP contribution in [0.1, 0.15) is 11.4 Å². The second-order valence-corrected chi connectivity index (χ2v) is 5.78. The van der Waals surface area contributed by atoms with E-state index in [0.717, 1.165) is 13.0 Å². The maximum absolute atomic E-state index is 8.74. The number of amidine groups is 1. The third-order valence-corrected chi connectivity index (χ3v) is 4.47. The molecule has 1 aliphatic rings. The van der Waals surface area contributed by atoms with Crippen molar-refractivity contribution in [2.24, 2.45) is 10.9 Å². The van der Waals surface area contributed by atoms with Crippen LogP contribution >= 0.6 is 11.8 Å². The van der Waals surface area contributed by atoms with Gasteiger partial charge in [-0.3, -0.25) is 0 Å². The van der Waals surface area contributed by atoms with Gasteiger partial charge in [0.2, 0.25) is 5.84 Å². The van der Waals surface area contributed by atoms with Gasteiger partial charge in [0.05, 0.1) is 0 Å². The number of benzene rings is 1. The summed E-state index contributed by atoms with van der Waals surface area (Å²) in [6.45, 7) is 0.797. The van der Waals surface area contributed by atoms with Crippen molar-refractivity contribution >= 4 is 17.6 Å². The minimum atomic E-state index is 0.0468. The van der Waals surface area contributed by atoms with Crippen LogP contribution in [0, 0.1) is 0 Å². The second kappa shape index (κ2) is 4.97. The summed E-state index contributed by atoms with van der Waals surface area (Å²) in [7, 11) is 0. The van der Waals surface area contributed by atoms with Crippen molar-refractivity contribution in [2.75, 3.05) is 0 Å². The average molecular weight is 274 g/mol. The van der Waals surface area contributed by atoms with E-state index < -0.39 is 0 Å². The van der Waals surface area contributed by atoms with Gasteiger partial charge in [0.1, 0.15) is 0 Å². The van der Waals surface area contributed by atoms with Crippen LogP contribution in [0.2, 0.25) is 0 Å². The van der Waals surface area contributed by atoms with Crippen LogP contribution < -0.4 is 5.73 Å². The van der Waals surface area contributed by atoms with Crippen LogP contribution in [0.3, 0.4) is 0 Å². The van der Waals surface area contributed by atoms with Gasteiger partial charge in [0.15, 0.2) is 5.82 Å². The molecule has 3 N–H and O–H groups in total. The molecule has 0 saturated carbocycles. The highest BCUT2D eigenvalue weighted by Crippen LogP contribution is 2.37. The molecule has 2 heterocycles. The summed E-state index contributed by atoms with van der Waals surface area (Å²) >= 11 is 1.87. The van der Waals surface area contributed by atoms with Crippen LogP contribution in [0.15, 0.2) is 46.7 Å². The van der Waals surface area contributed by atoms with Crippen molar-refractivity contribution in [2.45, 2.75) is 23.1 Å². The van der Waals surface area contributed by atoms with E-state index >= 15 is 0 Å². The van der Waals surface area contributed by atoms with Crippen LogP contribution in [0.4, 0.5) is 0 Å². The number of thioether (sulfide) groups is 1. The highest BCUT2D eigenvalue weighted by Gasteiger charge is 2.23. The number of hydrogen-bond donors (Lipinski definition) is 2. The van der Waals surface area contributed by atoms with Crippen LogP contribution in [0.25, 0.3) is 0 Å². The molecule has 1 aromatic heterocycles. The molecule has 0 radical (unpaired) electrons. The quantitative estimate of drug-likeness (QED) is 0.386. The molecule has 6 heteroatoms. The van der Waals surface area contributed by atoms with Gasteiger partial charge in [-0.2, -0.15) is 0 Å². The van der Waals surface area contributed by atoms with Gasteiger partial charge < -0.3 is 15.5 Å². The highest BCUT2D eigenvalue weighted by atomic mass is 32.2. The van der Waals surface area contributed by atoms with Gasteiger partial charge >= 0.3 is 0 Å². The van der Waals surface area contributed by atoms with E-state index in [1.807, 2.05) is 22.5 Å². The van der Waals surface area contributed by atoms with Gasteiger partial charge in [0, 0.05) is 29.1 Å². The first-order valence-corrected chi connectivity index (χ1v) is 6.89. The predicted octanol–water partition coefficient (Wildman–Crippen LogP) is 1.69. The van der Waals surface area contributed by atoms with Crippen molar-refractivity contribution in [3.05, 3.63) is 48.0 Å². The molecule has 2 aromatic rings. The van der Waals surface area contributed by atoms with Crippen molar-refractivity contribution in [3.8, 4) is 0 Å². The van der Waals surface area contributed by atoms with E-state index in [4.69, 9.17) is 10.9 Å². The Morgan fingerprint density at radius 2 is 2.37 bits per heavy atom. The summed E-state index contributed by atoms with van der Waals surface area (Å²) < 4.78 is 1.93. The number of oxime groups is 1. The number of imidazole rings is 1. The Morgan fingerprint density at radius 3 is 3.16 bits per heavy atom. The second-order valence-electron chi connectivity index (χ2n) is 4.44. The first-order chi connectivity index (χ1) is 9.28. The Balaban J connectivity index is 1.76. The van der Waals surface area contributed by atoms with Crippen molar-refractivity contribution in [1.82, 2.24) is 9.55 Å². The summed E-state index contributed by atoms with van der Waals surface area (Å²) in [6.07, 6.45) is 4.56. The SMILES string of the molecule is NC(=NO)c1nccn1CC1Cc2ccccc2S1. The maximum atomic E-state index is 8.74. The van der Waals surface area contributed by atoms with E-state index in [-0.39, 0.29) is 5.84 Å². The summed E-state index contributed by atoms with van der Waals surface area (Å²) in [6, 6.07) is 8.45. The zero-order chi connectivity index (χ0) is 13.2. The van der Waals surface area contributed by atoms with E-state index in [1.54, 1.807) is 6.20 Å². The maximum Gasteiger partial charge on any atom is 0.206 e. The molecular formula is C13H14N4OS. The molecule has 0 fully saturated rings. The smallest absolute Gasteiger partial charge is 0.206 e. The molecule has 98 valence electrons. The van der Waals surface area contributed by atoms with Crippen LogP contribution in [0.5, 0.6) is 0 Å². The molecule has 5 nitrogen and oxygen atoms in total. The third-order valence-electron chi connectivity index (χ3n) is 3.17. The van der Waals surface area contributed by atoms with E-state index in [1.165, 1.54) is 10.5 Å². The van der Waals surface area contributed by atoms with E-state index in [0.29, 0.717) is 11.1 Å². The summed E-state index contributed by atoms with van der Waals surface area (Å²) in [5, 5.41) is 12.2. The van der Waals surface area contributed by atoms with E-state index in [2.05, 4.69) is 34.4 Å². The zero-order valence-electron chi connectivity index (χ0n) is 10.2. The topological polar surface area (TPSA) is 76.4 Å². The third kappa shape index (κ3) is 2.31. The van der Waals surface area contributed by atoms with Gasteiger partial charge in [-0.1, -0.05) is 23.4 Å². The molecule has 1 unspecified atom stereocenters. The lowest BCUT2D eigenvalue weighted by Crippen LogP contribution is -2.22. The molecule has 0 saturated heterocycles. The Labute approximate surface area is 115 Å². The Morgan fingerprint density at radius 1 is 1.53 bits per heavy atom. The van der Waals surface area contributed by atoms with Gasteiger partial charge in [0.25, 0.3) is 0 Å². The number of nitrogens with zero attached hydrogens (tertiary/aromatic N) is 3. The van der Waals surface area contributed by atoms with Gasteiger partial charge in [-0.25, -0.2) is 4.98 Å². The lowest BCUT2D eigenvalue weighted by molar-refractivity contribution is 0.318. The van der Waals surface area contributed by atoms with E-state index in [9.17, 15) is 0 Å². The van der Waals surface area contributed by atoms with Gasteiger partial charge in [-0.05, 0) is 18.1 Å². The minimum Gasteiger partial charge on any atom is -0.409 e. The lowest BCUT2D eigenvalue weighted by Gasteiger charge is -2.11. The molecule has 1 aromatic carbocycles. The molecule has 0 amide bonds. The molecule has 1 aliphatic heterocycles. The Kier molecular flexibility index (Phi) is 3.16. The standard InChI is InChI=1S/C13H14N4OS/c14-12(16-18)13-15-5-6-17(13)8-10-7-9-3-1-2-4-11(9)19-10/h1-6,10,18H,7-8H2,(H2,14,16). The fourth-order valence-electron chi connectivity index (χ4n) is 2.31. The Bertz CT molecular complexity index is 598. The lowest BCUT2D eigenvalue weighted by atomic mass is 10.1. The highest BCUT2D eigenvalue weighted by molar-refractivity contribution is 8.00. The molecule has 19 heavy (non-hydrogen) atoms. The van der Waals surface area contributed by atoms with Crippen LogP contribution in [-0.4, -0.2) is 25.8 Å². The monoisotopic (exact) mass is 274 g/mol. The molecular weight excluding hydrogens is 260 g/mol. The van der Waals surface area contributed by atoms with Crippen molar-refractivity contribution in [3.63, 3.8) is 0 Å². The fraction of sp³-hybridized carbons (Fsp3) is 0.231. The van der Waals surface area contributed by atoms with Crippen LogP contribution in [-0.2, 0) is 13.0 Å². The summed E-state index contributed by atoms with van der Waals surface area (Å²) in [4.78, 5) is 5.46. The number of hydrogen-bond acceptors (Lipinski definition) is 4. The van der Waals surface area contributed by atoms with Crippen molar-refractivity contribution in [1.29, 1.82) is 0 Å². The molecule has 3 rings (SSSR count). The molecule has 0 aliphatic carbocycles. The minimum absolute atomic E-state index is 0.0468. The normalized spacial score (nSPS) is 18.5. The molecule has 0 spiro atoms. The first kappa shape index (κ1) is 12.1. The number of rotatable bonds is 3. The summed E-state index contributed by atoms with van der Waals surface area (Å²) in [5.41, 5.74) is 7.00. The average Bonchev–Trinajstić information content (AvgIpc) is 3.04. The number of fused-ring (bicyclic) bond motifs is 1. The zero-order valence-corrected chi connectivity index (χ0v) is 11.0. The van der Waals surface area contributed by atoms with Crippen molar-refractivity contribution < 1.29 is 5.21 Å². The number of aromatic nitrogens is 2. The molecule has 1 atom stereocenters. The number of nitrogens with two attached hydrogens (primary N) is 1. The molecule has 0 bridgehead atoms. The van der Waals surface area contributed by atoms with Gasteiger partial charge in [-0.15, -0.1) is 11.8 Å². The first-order valence-electron chi connectivity index (χ1n) is 6.01.